The minimum atomic E-state index is 1.13. The van der Waals surface area contributed by atoms with E-state index in [1.807, 2.05) is 11.3 Å². The fourth-order valence-corrected chi connectivity index (χ4v) is 8.84. The van der Waals surface area contributed by atoms with Crippen molar-refractivity contribution in [3.8, 4) is 22.3 Å². The number of hydrogen-bond acceptors (Lipinski definition) is 2. The van der Waals surface area contributed by atoms with E-state index < -0.39 is 0 Å². The maximum Gasteiger partial charge on any atom is 0.0554 e. The molecule has 10 aromatic rings. The third-order valence-electron chi connectivity index (χ3n) is 10.0. The lowest BCUT2D eigenvalue weighted by molar-refractivity contribution is 1.30. The predicted octanol–water partition coefficient (Wildman–Crippen LogP) is 14.3. The van der Waals surface area contributed by atoms with Crippen LogP contribution in [-0.2, 0) is 0 Å². The highest BCUT2D eigenvalue weighted by atomic mass is 32.1. The fourth-order valence-electron chi connectivity index (χ4n) is 7.58. The lowest BCUT2D eigenvalue weighted by Gasteiger charge is -2.27. The molecule has 0 unspecified atom stereocenters. The van der Waals surface area contributed by atoms with Crippen LogP contribution in [0.15, 0.2) is 188 Å². The highest BCUT2D eigenvalue weighted by Gasteiger charge is 2.19. The molecule has 0 saturated carbocycles. The number of benzene rings is 9. The van der Waals surface area contributed by atoms with Crippen molar-refractivity contribution >= 4 is 80.9 Å². The van der Waals surface area contributed by atoms with Crippen molar-refractivity contribution in [2.24, 2.45) is 0 Å². The Balaban J connectivity index is 1.12. The van der Waals surface area contributed by atoms with Gasteiger partial charge in [0, 0.05) is 31.5 Å². The van der Waals surface area contributed by atoms with E-state index in [2.05, 4.69) is 193 Å². The Kier molecular flexibility index (Phi) is 6.75. The minimum Gasteiger partial charge on any atom is -0.310 e. The molecule has 10 rings (SSSR count). The number of thiophene rings is 1. The minimum absolute atomic E-state index is 1.13. The highest BCUT2D eigenvalue weighted by Crippen LogP contribution is 2.47. The summed E-state index contributed by atoms with van der Waals surface area (Å²) < 4.78 is 2.63. The van der Waals surface area contributed by atoms with E-state index in [1.54, 1.807) is 0 Å². The van der Waals surface area contributed by atoms with Crippen molar-refractivity contribution in [2.45, 2.75) is 0 Å². The summed E-state index contributed by atoms with van der Waals surface area (Å²) in [6, 6.07) is 68.7. The van der Waals surface area contributed by atoms with Crippen LogP contribution in [-0.4, -0.2) is 0 Å². The van der Waals surface area contributed by atoms with Crippen molar-refractivity contribution in [1.82, 2.24) is 0 Å². The van der Waals surface area contributed by atoms with E-state index in [0.29, 0.717) is 0 Å². The van der Waals surface area contributed by atoms with Crippen LogP contribution in [0.3, 0.4) is 0 Å². The van der Waals surface area contributed by atoms with Gasteiger partial charge in [0.25, 0.3) is 0 Å². The van der Waals surface area contributed by atoms with Gasteiger partial charge in [0.05, 0.1) is 5.69 Å². The first kappa shape index (κ1) is 28.8. The number of rotatable bonds is 5. The molecular weight excluding hydrogens is 623 g/mol. The van der Waals surface area contributed by atoms with Gasteiger partial charge in [-0.2, -0.15) is 0 Å². The third kappa shape index (κ3) is 4.76. The zero-order chi connectivity index (χ0) is 33.0. The molecule has 0 bridgehead atoms. The molecule has 0 N–H and O–H groups in total. The van der Waals surface area contributed by atoms with Gasteiger partial charge in [0.1, 0.15) is 0 Å². The standard InChI is InChI=1S/C48H31NS/c1-2-9-32(10-3-1)33-19-25-39(26-20-33)49(45-15-8-16-46-47(45)44-30-23-36-12-5-7-14-43(36)48(44)50-46)40-27-21-34(22-28-40)37-24-29-42-38(31-37)18-17-35-11-4-6-13-41(35)42/h1-31H. The van der Waals surface area contributed by atoms with Gasteiger partial charge in [0.15, 0.2) is 0 Å². The third-order valence-corrected chi connectivity index (χ3v) is 11.2. The van der Waals surface area contributed by atoms with Gasteiger partial charge < -0.3 is 4.90 Å². The van der Waals surface area contributed by atoms with E-state index in [1.165, 1.54) is 80.4 Å². The summed E-state index contributed by atoms with van der Waals surface area (Å²) in [5, 5.41) is 10.3. The fraction of sp³-hybridized carbons (Fsp3) is 0. The molecule has 1 heterocycles. The first-order valence-corrected chi connectivity index (χ1v) is 17.9. The monoisotopic (exact) mass is 653 g/mol. The molecule has 234 valence electrons. The lowest BCUT2D eigenvalue weighted by atomic mass is 9.97. The Bertz CT molecular complexity index is 2850. The lowest BCUT2D eigenvalue weighted by Crippen LogP contribution is -2.10. The summed E-state index contributed by atoms with van der Waals surface area (Å²) in [5.41, 5.74) is 8.28. The van der Waals surface area contributed by atoms with E-state index in [-0.39, 0.29) is 0 Å². The van der Waals surface area contributed by atoms with Gasteiger partial charge in [-0.25, -0.2) is 0 Å². The summed E-state index contributed by atoms with van der Waals surface area (Å²) >= 11 is 1.89. The molecule has 9 aromatic carbocycles. The molecule has 0 aliphatic rings. The van der Waals surface area contributed by atoms with Crippen molar-refractivity contribution in [3.63, 3.8) is 0 Å². The summed E-state index contributed by atoms with van der Waals surface area (Å²) in [7, 11) is 0. The number of anilines is 3. The van der Waals surface area contributed by atoms with Gasteiger partial charge >= 0.3 is 0 Å². The van der Waals surface area contributed by atoms with Crippen molar-refractivity contribution < 1.29 is 0 Å². The Labute approximate surface area is 294 Å². The van der Waals surface area contributed by atoms with Crippen LogP contribution in [0.4, 0.5) is 17.1 Å². The second kappa shape index (κ2) is 11.7. The summed E-state index contributed by atoms with van der Waals surface area (Å²) in [4.78, 5) is 2.43. The molecule has 0 atom stereocenters. The van der Waals surface area contributed by atoms with Crippen LogP contribution < -0.4 is 4.90 Å². The molecule has 0 amide bonds. The summed E-state index contributed by atoms with van der Waals surface area (Å²) in [5.74, 6) is 0. The molecular formula is C48H31NS. The van der Waals surface area contributed by atoms with E-state index in [4.69, 9.17) is 0 Å². The maximum atomic E-state index is 2.43. The van der Waals surface area contributed by atoms with Crippen LogP contribution >= 0.6 is 11.3 Å². The Morgan fingerprint density at radius 1 is 0.340 bits per heavy atom. The van der Waals surface area contributed by atoms with Crippen LogP contribution in [0.25, 0.3) is 74.7 Å². The molecule has 0 aliphatic carbocycles. The molecule has 0 saturated heterocycles. The second-order valence-corrected chi connectivity index (χ2v) is 14.0. The molecule has 0 fully saturated rings. The number of hydrogen-bond donors (Lipinski definition) is 0. The Hall–Kier alpha value is -6.22. The van der Waals surface area contributed by atoms with Gasteiger partial charge in [-0.3, -0.25) is 0 Å². The van der Waals surface area contributed by atoms with Crippen LogP contribution in [0.2, 0.25) is 0 Å². The zero-order valence-corrected chi connectivity index (χ0v) is 28.1. The Morgan fingerprint density at radius 2 is 0.880 bits per heavy atom. The summed E-state index contributed by atoms with van der Waals surface area (Å²) in [6.07, 6.45) is 0. The topological polar surface area (TPSA) is 3.24 Å². The molecule has 50 heavy (non-hydrogen) atoms. The largest absolute Gasteiger partial charge is 0.310 e. The quantitative estimate of drug-likeness (QED) is 0.167. The van der Waals surface area contributed by atoms with E-state index >= 15 is 0 Å². The SMILES string of the molecule is c1ccc(-c2ccc(N(c3ccc(-c4ccc5c(ccc6ccccc65)c4)cc3)c3cccc4sc5c6ccccc6ccc5c34)cc2)cc1. The molecule has 1 aromatic heterocycles. The van der Waals surface area contributed by atoms with Crippen LogP contribution in [0.1, 0.15) is 0 Å². The van der Waals surface area contributed by atoms with Gasteiger partial charge in [0.2, 0.25) is 0 Å². The van der Waals surface area contributed by atoms with Crippen LogP contribution in [0, 0.1) is 0 Å². The normalized spacial score (nSPS) is 11.6. The molecule has 0 spiro atoms. The number of fused-ring (bicyclic) bond motifs is 8. The van der Waals surface area contributed by atoms with E-state index in [9.17, 15) is 0 Å². The zero-order valence-electron chi connectivity index (χ0n) is 27.3. The van der Waals surface area contributed by atoms with Crippen molar-refractivity contribution in [3.05, 3.63) is 188 Å². The Morgan fingerprint density at radius 3 is 1.64 bits per heavy atom. The molecule has 0 aliphatic heterocycles. The smallest absolute Gasteiger partial charge is 0.0554 e. The average Bonchev–Trinajstić information content (AvgIpc) is 3.59. The molecule has 1 nitrogen and oxygen atoms in total. The second-order valence-electron chi connectivity index (χ2n) is 12.9. The average molecular weight is 654 g/mol. The van der Waals surface area contributed by atoms with Crippen molar-refractivity contribution in [1.29, 1.82) is 0 Å². The van der Waals surface area contributed by atoms with Gasteiger partial charge in [-0.15, -0.1) is 11.3 Å². The molecule has 0 radical (unpaired) electrons. The summed E-state index contributed by atoms with van der Waals surface area (Å²) in [6.45, 7) is 0. The molecule has 2 heteroatoms. The first-order valence-electron chi connectivity index (χ1n) is 17.1. The maximum absolute atomic E-state index is 2.43. The predicted molar refractivity (Wildman–Crippen MR) is 217 cm³/mol. The van der Waals surface area contributed by atoms with Crippen LogP contribution in [0.5, 0.6) is 0 Å². The first-order chi connectivity index (χ1) is 24.8. The van der Waals surface area contributed by atoms with Gasteiger partial charge in [-0.05, 0) is 97.0 Å². The van der Waals surface area contributed by atoms with Crippen molar-refractivity contribution in [2.75, 3.05) is 4.90 Å². The number of nitrogens with zero attached hydrogens (tertiary/aromatic N) is 1. The van der Waals surface area contributed by atoms with E-state index in [0.717, 1.165) is 11.4 Å². The highest BCUT2D eigenvalue weighted by molar-refractivity contribution is 7.26. The van der Waals surface area contributed by atoms with Gasteiger partial charge in [-0.1, -0.05) is 146 Å².